The van der Waals surface area contributed by atoms with Crippen LogP contribution in [0, 0.1) is 0 Å². The predicted molar refractivity (Wildman–Crippen MR) is 134 cm³/mol. The summed E-state index contributed by atoms with van der Waals surface area (Å²) in [4.78, 5) is 53.2. The molecule has 0 aromatic rings. The largest absolute Gasteiger partial charge is 3.00 e. The van der Waals surface area contributed by atoms with Crippen LogP contribution in [-0.2, 0) is 55.2 Å². The number of hydrogen-bond donors (Lipinski definition) is 7. The first kappa shape index (κ1) is 55.9. The van der Waals surface area contributed by atoms with Crippen molar-refractivity contribution < 1.29 is 86.8 Å². The van der Waals surface area contributed by atoms with Crippen LogP contribution in [0.4, 0.5) is 0 Å². The summed E-state index contributed by atoms with van der Waals surface area (Å²) in [6.45, 7) is 2.52. The maximum absolute atomic E-state index is 11.5. The van der Waals surface area contributed by atoms with Crippen LogP contribution in [0.1, 0.15) is 12.8 Å². The Labute approximate surface area is 265 Å². The van der Waals surface area contributed by atoms with E-state index in [-0.39, 0.29) is 53.3 Å². The number of carboxylic acids is 2. The average molecular weight is 721 g/mol. The number of carbonyl (C=O) groups is 5. The maximum atomic E-state index is 11.5. The Morgan fingerprint density at radius 1 is 0.857 bits per heavy atom. The van der Waals surface area contributed by atoms with Crippen LogP contribution in [-0.4, -0.2) is 152 Å². The molecule has 0 fully saturated rings. The first-order valence-corrected chi connectivity index (χ1v) is 13.5. The van der Waals surface area contributed by atoms with Crippen LogP contribution in [0.25, 0.3) is 0 Å². The SMILES string of the molecule is C=CC(N)=O.NC(CCC(=O)NC(CS)C(=O)NCC(=O)O)C(=O)O.O=S(=O)([O-])[O-].O=S(=O)([O-])[O-].O=S(=O)([O-])[O-].[Al+3].[Al+3]. The monoisotopic (exact) mass is 720 g/mol. The third kappa shape index (κ3) is 90.3. The van der Waals surface area contributed by atoms with Gasteiger partial charge in [0.25, 0.3) is 0 Å². The molecule has 42 heavy (non-hydrogen) atoms. The molecule has 238 valence electrons. The molecule has 0 radical (unpaired) electrons. The first-order valence-electron chi connectivity index (χ1n) is 8.85. The molecule has 0 heterocycles. The number of nitrogens with one attached hydrogen (secondary N) is 2. The van der Waals surface area contributed by atoms with Crippen molar-refractivity contribution in [3.8, 4) is 0 Å². The predicted octanol–water partition coefficient (Wildman–Crippen LogP) is -7.32. The number of aliphatic carboxylic acids is 2. The Kier molecular flexibility index (Phi) is 38.8. The van der Waals surface area contributed by atoms with Crippen molar-refractivity contribution >= 4 is 108 Å². The van der Waals surface area contributed by atoms with E-state index in [1.165, 1.54) is 0 Å². The molecule has 0 bridgehead atoms. The van der Waals surface area contributed by atoms with Crippen LogP contribution in [0.5, 0.6) is 0 Å². The minimum absolute atomic E-state index is 0. The molecule has 29 heteroatoms. The van der Waals surface area contributed by atoms with Gasteiger partial charge in [0.1, 0.15) is 18.6 Å². The molecule has 0 aromatic carbocycles. The molecule has 0 spiro atoms. The van der Waals surface area contributed by atoms with E-state index in [4.69, 9.17) is 68.5 Å². The summed E-state index contributed by atoms with van der Waals surface area (Å²) in [6.07, 6.45) is 0.821. The van der Waals surface area contributed by atoms with Gasteiger partial charge in [0.2, 0.25) is 17.7 Å². The van der Waals surface area contributed by atoms with Gasteiger partial charge in [0.05, 0.1) is 0 Å². The molecule has 0 aliphatic heterocycles. The summed E-state index contributed by atoms with van der Waals surface area (Å²) < 4.78 is 102. The van der Waals surface area contributed by atoms with E-state index >= 15 is 0 Å². The van der Waals surface area contributed by atoms with Gasteiger partial charge in [-0.3, -0.25) is 49.2 Å². The standard InChI is InChI=1S/C10H17N3O6S.C3H5NO.2Al.3H2O4S/c11-5(10(18)19)1-2-7(14)13-6(4-20)9(17)12-3-8(15)16;1-2-3(4)5;;;3*1-5(2,3)4/h5-6,20H,1-4,11H2,(H,12,17)(H,13,14)(H,15,16)(H,18,19);2H,1H2,(H2,4,5);;;3*(H2,1,2,3,4)/q;;2*+3;;;/p-6. The summed E-state index contributed by atoms with van der Waals surface area (Å²) in [6, 6.07) is -2.15. The number of amides is 3. The van der Waals surface area contributed by atoms with E-state index in [0.717, 1.165) is 6.08 Å². The van der Waals surface area contributed by atoms with Crippen LogP contribution in [0.3, 0.4) is 0 Å². The molecule has 23 nitrogen and oxygen atoms in total. The number of carboxylic acid groups (broad SMARTS) is 2. The van der Waals surface area contributed by atoms with Crippen molar-refractivity contribution in [2.75, 3.05) is 12.3 Å². The summed E-state index contributed by atoms with van der Waals surface area (Å²) in [5.74, 6) is -4.19. The van der Waals surface area contributed by atoms with Crippen molar-refractivity contribution in [3.63, 3.8) is 0 Å². The first-order chi connectivity index (χ1) is 17.5. The fraction of sp³-hybridized carbons (Fsp3) is 0.462. The van der Waals surface area contributed by atoms with Gasteiger partial charge >= 0.3 is 46.7 Å². The zero-order valence-corrected chi connectivity index (χ0v) is 26.2. The molecule has 8 N–H and O–H groups in total. The van der Waals surface area contributed by atoms with Gasteiger partial charge in [-0.2, -0.15) is 12.6 Å². The molecular weight excluding hydrogens is 698 g/mol. The summed E-state index contributed by atoms with van der Waals surface area (Å²) >= 11 is 3.87. The van der Waals surface area contributed by atoms with Crippen LogP contribution < -0.4 is 22.1 Å². The average Bonchev–Trinajstić information content (AvgIpc) is 2.70. The van der Waals surface area contributed by atoms with Crippen molar-refractivity contribution in [1.82, 2.24) is 10.6 Å². The summed E-state index contributed by atoms with van der Waals surface area (Å²) in [5, 5.41) is 21.4. The van der Waals surface area contributed by atoms with Crippen molar-refractivity contribution in [3.05, 3.63) is 12.7 Å². The summed E-state index contributed by atoms with van der Waals surface area (Å²) in [7, 11) is -15.5. The Morgan fingerprint density at radius 3 is 1.38 bits per heavy atom. The van der Waals surface area contributed by atoms with Crippen LogP contribution in [0.15, 0.2) is 12.7 Å². The van der Waals surface area contributed by atoms with E-state index < -0.39 is 79.5 Å². The molecule has 0 rings (SSSR count). The number of thiol groups is 1. The number of nitrogens with two attached hydrogens (primary N) is 2. The second-order valence-corrected chi connectivity index (χ2v) is 8.54. The number of primary amides is 1. The second kappa shape index (κ2) is 29.2. The third-order valence-electron chi connectivity index (χ3n) is 2.45. The molecule has 2 unspecified atom stereocenters. The fourth-order valence-corrected chi connectivity index (χ4v) is 1.41. The van der Waals surface area contributed by atoms with Gasteiger partial charge in [-0.15, -0.1) is 0 Å². The maximum Gasteiger partial charge on any atom is 3.00 e. The normalized spacial score (nSPS) is 11.1. The smallest absolute Gasteiger partial charge is 0.759 e. The zero-order chi connectivity index (χ0) is 33.5. The molecule has 0 saturated heterocycles. The summed E-state index contributed by atoms with van der Waals surface area (Å²) in [5.41, 5.74) is 9.76. The number of hydrogen-bond acceptors (Lipinski definition) is 19. The van der Waals surface area contributed by atoms with Gasteiger partial charge in [-0.1, -0.05) is 6.58 Å². The molecule has 0 saturated carbocycles. The minimum Gasteiger partial charge on any atom is -0.759 e. The minimum atomic E-state index is -5.17. The van der Waals surface area contributed by atoms with Gasteiger partial charge in [-0.05, 0) is 12.5 Å². The molecule has 3 amide bonds. The topological polar surface area (TPSA) is 443 Å². The van der Waals surface area contributed by atoms with Crippen LogP contribution >= 0.6 is 12.6 Å². The Balaban J connectivity index is -0.0000000907. The third-order valence-corrected chi connectivity index (χ3v) is 2.81. The number of rotatable bonds is 10. The molecule has 0 aromatic heterocycles. The molecular formula is C13H22Al2N4O19S4. The molecule has 0 aliphatic carbocycles. The van der Waals surface area contributed by atoms with Gasteiger partial charge in [0.15, 0.2) is 0 Å². The van der Waals surface area contributed by atoms with Gasteiger partial charge in [-0.25, -0.2) is 0 Å². The zero-order valence-electron chi connectivity index (χ0n) is 20.6. The van der Waals surface area contributed by atoms with E-state index in [0.29, 0.717) is 0 Å². The quantitative estimate of drug-likeness (QED) is 0.0362. The van der Waals surface area contributed by atoms with E-state index in [1.54, 1.807) is 0 Å². The van der Waals surface area contributed by atoms with E-state index in [2.05, 4.69) is 35.6 Å². The van der Waals surface area contributed by atoms with Gasteiger partial charge in [0, 0.05) is 43.4 Å². The molecule has 0 aliphatic rings. The Bertz CT molecular complexity index is 1050. The Morgan fingerprint density at radius 2 is 1.17 bits per heavy atom. The fourth-order valence-electron chi connectivity index (χ4n) is 1.16. The van der Waals surface area contributed by atoms with Crippen LogP contribution in [0.2, 0.25) is 0 Å². The van der Waals surface area contributed by atoms with Crippen molar-refractivity contribution in [1.29, 1.82) is 0 Å². The molecule has 2 atom stereocenters. The Hall–Kier alpha value is -1.93. The second-order valence-electron chi connectivity index (χ2n) is 5.73. The van der Waals surface area contributed by atoms with Crippen molar-refractivity contribution in [2.45, 2.75) is 24.9 Å². The van der Waals surface area contributed by atoms with Gasteiger partial charge < -0.3 is 59.6 Å². The van der Waals surface area contributed by atoms with E-state index in [9.17, 15) is 24.0 Å². The van der Waals surface area contributed by atoms with E-state index in [1.807, 2.05) is 0 Å². The number of carbonyl (C=O) groups excluding carboxylic acids is 3. The van der Waals surface area contributed by atoms with Crippen molar-refractivity contribution in [2.24, 2.45) is 11.5 Å².